The molecule has 1 aliphatic carbocycles. The highest BCUT2D eigenvalue weighted by atomic mass is 16.3. The third kappa shape index (κ3) is 3.12. The van der Waals surface area contributed by atoms with Gasteiger partial charge in [0.2, 0.25) is 0 Å². The molecule has 0 heterocycles. The summed E-state index contributed by atoms with van der Waals surface area (Å²) in [5.74, 6) is 0. The van der Waals surface area contributed by atoms with Crippen LogP contribution in [0.15, 0.2) is 18.2 Å². The van der Waals surface area contributed by atoms with Gasteiger partial charge in [0.05, 0.1) is 6.10 Å². The maximum absolute atomic E-state index is 9.65. The summed E-state index contributed by atoms with van der Waals surface area (Å²) >= 11 is 0. The van der Waals surface area contributed by atoms with E-state index < -0.39 is 0 Å². The Morgan fingerprint density at radius 1 is 1.17 bits per heavy atom. The van der Waals surface area contributed by atoms with Crippen molar-refractivity contribution in [1.82, 2.24) is 0 Å². The van der Waals surface area contributed by atoms with E-state index in [1.54, 1.807) is 0 Å². The number of aliphatic hydroxyl groups is 1. The second kappa shape index (κ2) is 5.41. The van der Waals surface area contributed by atoms with Crippen molar-refractivity contribution in [2.45, 2.75) is 52.1 Å². The Morgan fingerprint density at radius 2 is 1.72 bits per heavy atom. The van der Waals surface area contributed by atoms with Gasteiger partial charge in [-0.05, 0) is 63.5 Å². The van der Waals surface area contributed by atoms with Crippen molar-refractivity contribution in [2.75, 3.05) is 6.54 Å². The second-order valence-corrected chi connectivity index (χ2v) is 6.11. The Balaban J connectivity index is 2.14. The van der Waals surface area contributed by atoms with Crippen LogP contribution in [0.5, 0.6) is 0 Å². The fourth-order valence-corrected chi connectivity index (χ4v) is 3.27. The van der Waals surface area contributed by atoms with Gasteiger partial charge in [-0.15, -0.1) is 0 Å². The molecule has 0 amide bonds. The Labute approximate surface area is 110 Å². The first-order valence-electron chi connectivity index (χ1n) is 6.98. The minimum Gasteiger partial charge on any atom is -0.393 e. The van der Waals surface area contributed by atoms with Crippen LogP contribution < -0.4 is 5.73 Å². The number of aryl methyl sites for hydroxylation is 2. The molecular formula is C16H25NO. The SMILES string of the molecule is Cc1cc(C)cc(CC2(CN)CCC(O)CC2)c1. The van der Waals surface area contributed by atoms with Crippen LogP contribution in [-0.4, -0.2) is 17.8 Å². The van der Waals surface area contributed by atoms with Gasteiger partial charge in [0, 0.05) is 0 Å². The van der Waals surface area contributed by atoms with Crippen LogP contribution in [-0.2, 0) is 6.42 Å². The lowest BCUT2D eigenvalue weighted by Gasteiger charge is -2.38. The summed E-state index contributed by atoms with van der Waals surface area (Å²) in [6.07, 6.45) is 4.86. The van der Waals surface area contributed by atoms with E-state index in [1.807, 2.05) is 0 Å². The lowest BCUT2D eigenvalue weighted by atomic mass is 9.69. The van der Waals surface area contributed by atoms with Crippen LogP contribution in [0, 0.1) is 19.3 Å². The highest BCUT2D eigenvalue weighted by Gasteiger charge is 2.33. The van der Waals surface area contributed by atoms with E-state index in [9.17, 15) is 5.11 Å². The van der Waals surface area contributed by atoms with Gasteiger partial charge in [0.1, 0.15) is 0 Å². The summed E-state index contributed by atoms with van der Waals surface area (Å²) in [5.41, 5.74) is 10.3. The van der Waals surface area contributed by atoms with Crippen molar-refractivity contribution in [3.05, 3.63) is 34.9 Å². The average molecular weight is 247 g/mol. The quantitative estimate of drug-likeness (QED) is 0.862. The second-order valence-electron chi connectivity index (χ2n) is 6.11. The fourth-order valence-electron chi connectivity index (χ4n) is 3.27. The van der Waals surface area contributed by atoms with Crippen molar-refractivity contribution < 1.29 is 5.11 Å². The average Bonchev–Trinajstić information content (AvgIpc) is 2.31. The largest absolute Gasteiger partial charge is 0.393 e. The van der Waals surface area contributed by atoms with Gasteiger partial charge in [-0.25, -0.2) is 0 Å². The van der Waals surface area contributed by atoms with Gasteiger partial charge in [-0.3, -0.25) is 0 Å². The standard InChI is InChI=1S/C16H25NO/c1-12-7-13(2)9-14(8-12)10-16(11-17)5-3-15(18)4-6-16/h7-9,15,18H,3-6,10-11,17H2,1-2H3. The third-order valence-corrected chi connectivity index (χ3v) is 4.31. The van der Waals surface area contributed by atoms with Crippen molar-refractivity contribution in [2.24, 2.45) is 11.1 Å². The summed E-state index contributed by atoms with van der Waals surface area (Å²) in [4.78, 5) is 0. The summed E-state index contributed by atoms with van der Waals surface area (Å²) in [6.45, 7) is 5.03. The molecule has 2 heteroatoms. The monoisotopic (exact) mass is 247 g/mol. The van der Waals surface area contributed by atoms with E-state index in [4.69, 9.17) is 5.73 Å². The minimum atomic E-state index is -0.107. The topological polar surface area (TPSA) is 46.2 Å². The zero-order valence-corrected chi connectivity index (χ0v) is 11.6. The minimum absolute atomic E-state index is 0.107. The number of hydrogen-bond donors (Lipinski definition) is 2. The molecule has 1 saturated carbocycles. The van der Waals surface area contributed by atoms with Crippen molar-refractivity contribution >= 4 is 0 Å². The van der Waals surface area contributed by atoms with Gasteiger partial charge >= 0.3 is 0 Å². The molecule has 18 heavy (non-hydrogen) atoms. The highest BCUT2D eigenvalue weighted by molar-refractivity contribution is 5.29. The molecule has 0 aromatic heterocycles. The smallest absolute Gasteiger partial charge is 0.0540 e. The van der Waals surface area contributed by atoms with Gasteiger partial charge in [0.25, 0.3) is 0 Å². The van der Waals surface area contributed by atoms with Crippen LogP contribution in [0.3, 0.4) is 0 Å². The first-order chi connectivity index (χ1) is 8.53. The normalized spacial score (nSPS) is 28.3. The van der Waals surface area contributed by atoms with Crippen LogP contribution in [0.2, 0.25) is 0 Å². The van der Waals surface area contributed by atoms with Crippen LogP contribution in [0.1, 0.15) is 42.4 Å². The first-order valence-corrected chi connectivity index (χ1v) is 6.98. The predicted octanol–water partition coefficient (Wildman–Crippen LogP) is 2.73. The van der Waals surface area contributed by atoms with Crippen LogP contribution in [0.25, 0.3) is 0 Å². The van der Waals surface area contributed by atoms with Crippen molar-refractivity contribution in [1.29, 1.82) is 0 Å². The number of hydrogen-bond acceptors (Lipinski definition) is 2. The molecule has 2 nitrogen and oxygen atoms in total. The maximum atomic E-state index is 9.65. The van der Waals surface area contributed by atoms with Crippen molar-refractivity contribution in [3.63, 3.8) is 0 Å². The van der Waals surface area contributed by atoms with E-state index in [2.05, 4.69) is 32.0 Å². The number of nitrogens with two attached hydrogens (primary N) is 1. The van der Waals surface area contributed by atoms with E-state index in [0.29, 0.717) is 0 Å². The van der Waals surface area contributed by atoms with Crippen LogP contribution >= 0.6 is 0 Å². The molecule has 0 unspecified atom stereocenters. The third-order valence-electron chi connectivity index (χ3n) is 4.31. The van der Waals surface area contributed by atoms with E-state index in [1.165, 1.54) is 16.7 Å². The molecule has 0 spiro atoms. The summed E-state index contributed by atoms with van der Waals surface area (Å²) in [5, 5.41) is 9.65. The molecule has 1 aromatic rings. The number of rotatable bonds is 3. The zero-order valence-electron chi connectivity index (χ0n) is 11.6. The van der Waals surface area contributed by atoms with E-state index >= 15 is 0 Å². The Bertz CT molecular complexity index is 385. The van der Waals surface area contributed by atoms with Gasteiger partial charge < -0.3 is 10.8 Å². The summed E-state index contributed by atoms with van der Waals surface area (Å²) < 4.78 is 0. The Morgan fingerprint density at radius 3 is 2.22 bits per heavy atom. The lowest BCUT2D eigenvalue weighted by Crippen LogP contribution is -2.38. The molecule has 0 saturated heterocycles. The zero-order chi connectivity index (χ0) is 13.2. The van der Waals surface area contributed by atoms with Crippen molar-refractivity contribution in [3.8, 4) is 0 Å². The number of aliphatic hydroxyl groups excluding tert-OH is 1. The lowest BCUT2D eigenvalue weighted by molar-refractivity contribution is 0.0665. The first kappa shape index (κ1) is 13.6. The maximum Gasteiger partial charge on any atom is 0.0540 e. The van der Waals surface area contributed by atoms with Crippen LogP contribution in [0.4, 0.5) is 0 Å². The van der Waals surface area contributed by atoms with E-state index in [0.717, 1.165) is 38.6 Å². The molecule has 3 N–H and O–H groups in total. The Hall–Kier alpha value is -0.860. The molecular weight excluding hydrogens is 222 g/mol. The highest BCUT2D eigenvalue weighted by Crippen LogP contribution is 2.38. The number of benzene rings is 1. The molecule has 1 aromatic carbocycles. The van der Waals surface area contributed by atoms with Gasteiger partial charge in [0.15, 0.2) is 0 Å². The van der Waals surface area contributed by atoms with Gasteiger partial charge in [-0.1, -0.05) is 29.3 Å². The molecule has 0 bridgehead atoms. The molecule has 2 rings (SSSR count). The summed E-state index contributed by atoms with van der Waals surface area (Å²) in [6, 6.07) is 6.76. The van der Waals surface area contributed by atoms with E-state index in [-0.39, 0.29) is 11.5 Å². The molecule has 1 aliphatic rings. The van der Waals surface area contributed by atoms with Gasteiger partial charge in [-0.2, -0.15) is 0 Å². The predicted molar refractivity (Wildman–Crippen MR) is 75.6 cm³/mol. The fraction of sp³-hybridized carbons (Fsp3) is 0.625. The Kier molecular flexibility index (Phi) is 4.08. The molecule has 0 radical (unpaired) electrons. The molecule has 1 fully saturated rings. The summed E-state index contributed by atoms with van der Waals surface area (Å²) in [7, 11) is 0. The molecule has 100 valence electrons. The molecule has 0 aliphatic heterocycles. The molecule has 0 atom stereocenters.